The molecule has 0 aliphatic rings. The molecule has 1 aromatic heterocycles. The van der Waals surface area contributed by atoms with E-state index >= 15 is 0 Å². The fourth-order valence-electron chi connectivity index (χ4n) is 2.41. The van der Waals surface area contributed by atoms with E-state index in [1.807, 2.05) is 48.5 Å². The van der Waals surface area contributed by atoms with Crippen LogP contribution in [0, 0.1) is 0 Å². The number of nitrogens with zero attached hydrogens (tertiary/aromatic N) is 1. The Balaban J connectivity index is 1.55. The highest BCUT2D eigenvalue weighted by atomic mass is 32.2. The van der Waals surface area contributed by atoms with Crippen molar-refractivity contribution < 1.29 is 9.47 Å². The van der Waals surface area contributed by atoms with Gasteiger partial charge in [-0.2, -0.15) is 0 Å². The number of rotatable bonds is 8. The van der Waals surface area contributed by atoms with Gasteiger partial charge in [0, 0.05) is 5.75 Å². The number of thioether (sulfide) groups is 1. The number of aromatic nitrogens is 2. The van der Waals surface area contributed by atoms with Gasteiger partial charge in [-0.3, -0.25) is 0 Å². The van der Waals surface area contributed by atoms with Gasteiger partial charge in [0.15, 0.2) is 16.7 Å². The first-order valence-electron chi connectivity index (χ1n) is 7.78. The molecule has 3 rings (SSSR count). The summed E-state index contributed by atoms with van der Waals surface area (Å²) in [5.41, 5.74) is 3.20. The second-order valence-corrected chi connectivity index (χ2v) is 6.32. The first kappa shape index (κ1) is 16.5. The maximum Gasteiger partial charge on any atom is 0.166 e. The lowest BCUT2D eigenvalue weighted by Gasteiger charge is -2.11. The van der Waals surface area contributed by atoms with Crippen LogP contribution in [0.1, 0.15) is 5.56 Å². The third-order valence-electron chi connectivity index (χ3n) is 3.56. The predicted octanol–water partition coefficient (Wildman–Crippen LogP) is 4.47. The predicted molar refractivity (Wildman–Crippen MR) is 99.2 cm³/mol. The number of H-pyrrole nitrogens is 1. The zero-order valence-corrected chi connectivity index (χ0v) is 14.4. The maximum absolute atomic E-state index is 5.84. The molecule has 4 nitrogen and oxygen atoms in total. The fourth-order valence-corrected chi connectivity index (χ4v) is 3.12. The number of hydrogen-bond acceptors (Lipinski definition) is 4. The van der Waals surface area contributed by atoms with Crippen LogP contribution >= 0.6 is 11.8 Å². The van der Waals surface area contributed by atoms with Gasteiger partial charge in [0.1, 0.15) is 0 Å². The Morgan fingerprint density at radius 1 is 1.21 bits per heavy atom. The van der Waals surface area contributed by atoms with Gasteiger partial charge in [-0.25, -0.2) is 4.98 Å². The molecule has 0 radical (unpaired) electrons. The molecule has 3 aromatic rings. The second kappa shape index (κ2) is 7.93. The number of para-hydroxylation sites is 2. The molecular formula is C19H20N2O2S. The van der Waals surface area contributed by atoms with E-state index in [-0.39, 0.29) is 0 Å². The molecule has 0 saturated heterocycles. The molecule has 0 amide bonds. The number of allylic oxidation sites excluding steroid dienone is 1. The Morgan fingerprint density at radius 3 is 2.88 bits per heavy atom. The minimum absolute atomic E-state index is 0.582. The number of benzene rings is 2. The molecule has 0 atom stereocenters. The van der Waals surface area contributed by atoms with Crippen molar-refractivity contribution in [2.45, 2.75) is 11.6 Å². The number of aromatic amines is 1. The molecule has 0 bridgehead atoms. The van der Waals surface area contributed by atoms with Crippen molar-refractivity contribution in [2.75, 3.05) is 19.5 Å². The van der Waals surface area contributed by atoms with Crippen LogP contribution in [0.15, 0.2) is 60.3 Å². The fraction of sp³-hybridized carbons (Fsp3) is 0.211. The van der Waals surface area contributed by atoms with Crippen molar-refractivity contribution in [1.29, 1.82) is 0 Å². The molecule has 0 saturated carbocycles. The summed E-state index contributed by atoms with van der Waals surface area (Å²) in [7, 11) is 1.66. The molecule has 24 heavy (non-hydrogen) atoms. The largest absolute Gasteiger partial charge is 0.493 e. The number of nitrogens with one attached hydrogen (secondary N) is 1. The third kappa shape index (κ3) is 3.92. The van der Waals surface area contributed by atoms with Crippen LogP contribution in [0.4, 0.5) is 0 Å². The lowest BCUT2D eigenvalue weighted by atomic mass is 10.1. The van der Waals surface area contributed by atoms with Crippen molar-refractivity contribution in [1.82, 2.24) is 9.97 Å². The Labute approximate surface area is 145 Å². The summed E-state index contributed by atoms with van der Waals surface area (Å²) in [5.74, 6) is 2.32. The second-order valence-electron chi connectivity index (χ2n) is 5.23. The average Bonchev–Trinajstić information content (AvgIpc) is 3.02. The van der Waals surface area contributed by atoms with E-state index < -0.39 is 0 Å². The zero-order valence-electron chi connectivity index (χ0n) is 13.6. The summed E-state index contributed by atoms with van der Waals surface area (Å²) in [6.45, 7) is 4.34. The molecule has 0 unspecified atom stereocenters. The molecule has 124 valence electrons. The minimum Gasteiger partial charge on any atom is -0.493 e. The Morgan fingerprint density at radius 2 is 2.08 bits per heavy atom. The smallest absolute Gasteiger partial charge is 0.166 e. The third-order valence-corrected chi connectivity index (χ3v) is 4.39. The summed E-state index contributed by atoms with van der Waals surface area (Å²) in [6, 6.07) is 14.0. The quantitative estimate of drug-likeness (QED) is 0.373. The molecule has 2 aromatic carbocycles. The molecule has 0 aliphatic carbocycles. The molecular weight excluding hydrogens is 320 g/mol. The van der Waals surface area contributed by atoms with Crippen molar-refractivity contribution in [2.24, 2.45) is 0 Å². The van der Waals surface area contributed by atoms with Gasteiger partial charge in [-0.05, 0) is 36.2 Å². The van der Waals surface area contributed by atoms with Crippen LogP contribution < -0.4 is 9.47 Å². The highest BCUT2D eigenvalue weighted by Gasteiger charge is 2.06. The highest BCUT2D eigenvalue weighted by molar-refractivity contribution is 7.99. The van der Waals surface area contributed by atoms with Crippen molar-refractivity contribution in [3.63, 3.8) is 0 Å². The topological polar surface area (TPSA) is 47.1 Å². The van der Waals surface area contributed by atoms with E-state index in [2.05, 4.69) is 16.5 Å². The van der Waals surface area contributed by atoms with E-state index in [1.165, 1.54) is 0 Å². The molecule has 1 heterocycles. The Kier molecular flexibility index (Phi) is 5.43. The van der Waals surface area contributed by atoms with E-state index in [4.69, 9.17) is 9.47 Å². The SMILES string of the molecule is C=CCc1ccc(OCCSc2nc3ccccc3[nH]2)c(OC)c1. The summed E-state index contributed by atoms with van der Waals surface area (Å²) >= 11 is 1.64. The van der Waals surface area contributed by atoms with Gasteiger partial charge in [0.05, 0.1) is 24.8 Å². The van der Waals surface area contributed by atoms with Crippen LogP contribution in [-0.4, -0.2) is 29.4 Å². The zero-order chi connectivity index (χ0) is 16.8. The molecule has 0 fully saturated rings. The van der Waals surface area contributed by atoms with Gasteiger partial charge < -0.3 is 14.5 Å². The summed E-state index contributed by atoms with van der Waals surface area (Å²) in [6.07, 6.45) is 2.69. The van der Waals surface area contributed by atoms with Crippen LogP contribution in [-0.2, 0) is 6.42 Å². The number of ether oxygens (including phenoxy) is 2. The van der Waals surface area contributed by atoms with Gasteiger partial charge in [-0.15, -0.1) is 6.58 Å². The Bertz CT molecular complexity index is 796. The van der Waals surface area contributed by atoms with Crippen molar-refractivity contribution in [3.8, 4) is 11.5 Å². The van der Waals surface area contributed by atoms with E-state index in [9.17, 15) is 0 Å². The van der Waals surface area contributed by atoms with E-state index in [1.54, 1.807) is 18.9 Å². The highest BCUT2D eigenvalue weighted by Crippen LogP contribution is 2.29. The van der Waals surface area contributed by atoms with Crippen LogP contribution in [0.5, 0.6) is 11.5 Å². The number of imidazole rings is 1. The normalized spacial score (nSPS) is 10.7. The lowest BCUT2D eigenvalue weighted by Crippen LogP contribution is -2.02. The van der Waals surface area contributed by atoms with Crippen molar-refractivity contribution >= 4 is 22.8 Å². The number of hydrogen-bond donors (Lipinski definition) is 1. The van der Waals surface area contributed by atoms with Crippen LogP contribution in [0.3, 0.4) is 0 Å². The molecule has 1 N–H and O–H groups in total. The standard InChI is InChI=1S/C19H20N2O2S/c1-3-6-14-9-10-17(18(13-14)22-2)23-11-12-24-19-20-15-7-4-5-8-16(15)21-19/h3-5,7-10,13H,1,6,11-12H2,2H3,(H,20,21). The monoisotopic (exact) mass is 340 g/mol. The van der Waals surface area contributed by atoms with E-state index in [0.29, 0.717) is 6.61 Å². The van der Waals surface area contributed by atoms with Crippen molar-refractivity contribution in [3.05, 3.63) is 60.7 Å². The first-order chi connectivity index (χ1) is 11.8. The lowest BCUT2D eigenvalue weighted by molar-refractivity contribution is 0.313. The summed E-state index contributed by atoms with van der Waals surface area (Å²) < 4.78 is 11.2. The van der Waals surface area contributed by atoms with Gasteiger partial charge in [0.2, 0.25) is 0 Å². The number of methoxy groups -OCH3 is 1. The first-order valence-corrected chi connectivity index (χ1v) is 8.77. The minimum atomic E-state index is 0.582. The van der Waals surface area contributed by atoms with Gasteiger partial charge in [0.25, 0.3) is 0 Å². The Hall–Kier alpha value is -2.40. The molecule has 0 aliphatic heterocycles. The average molecular weight is 340 g/mol. The molecule has 5 heteroatoms. The molecule has 0 spiro atoms. The summed E-state index contributed by atoms with van der Waals surface area (Å²) in [4.78, 5) is 7.84. The van der Waals surface area contributed by atoms with Crippen LogP contribution in [0.25, 0.3) is 11.0 Å². The van der Waals surface area contributed by atoms with Gasteiger partial charge in [-0.1, -0.05) is 36.0 Å². The van der Waals surface area contributed by atoms with E-state index in [0.717, 1.165) is 45.4 Å². The van der Waals surface area contributed by atoms with Crippen LogP contribution in [0.2, 0.25) is 0 Å². The van der Waals surface area contributed by atoms with Gasteiger partial charge >= 0.3 is 0 Å². The number of fused-ring (bicyclic) bond motifs is 1. The maximum atomic E-state index is 5.84. The summed E-state index contributed by atoms with van der Waals surface area (Å²) in [5, 5.41) is 0.910.